The highest BCUT2D eigenvalue weighted by atomic mass is 32.1. The highest BCUT2D eigenvalue weighted by Crippen LogP contribution is 2.35. The SMILES string of the molecule is Cc1c(-c2ccccc2)sc2ncn(Cc3nc(N)nc(N(C)C)n3)c(=O)c12. The largest absolute Gasteiger partial charge is 0.368 e. The minimum Gasteiger partial charge on any atom is -0.368 e. The summed E-state index contributed by atoms with van der Waals surface area (Å²) in [5.74, 6) is 0.979. The normalized spacial score (nSPS) is 11.1. The van der Waals surface area contributed by atoms with Crippen LogP contribution in [-0.4, -0.2) is 38.6 Å². The Morgan fingerprint density at radius 3 is 2.61 bits per heavy atom. The molecule has 0 aliphatic carbocycles. The van der Waals surface area contributed by atoms with Crippen LogP contribution in [0.4, 0.5) is 11.9 Å². The third-order valence-corrected chi connectivity index (χ3v) is 5.60. The van der Waals surface area contributed by atoms with Crippen LogP contribution in [0.15, 0.2) is 41.5 Å². The molecule has 0 fully saturated rings. The molecule has 28 heavy (non-hydrogen) atoms. The molecule has 2 N–H and O–H groups in total. The van der Waals surface area contributed by atoms with Crippen molar-refractivity contribution >= 4 is 33.5 Å². The van der Waals surface area contributed by atoms with Crippen molar-refractivity contribution in [3.63, 3.8) is 0 Å². The van der Waals surface area contributed by atoms with E-state index < -0.39 is 0 Å². The lowest BCUT2D eigenvalue weighted by Crippen LogP contribution is -2.23. The molecule has 9 heteroatoms. The predicted octanol–water partition coefficient (Wildman–Crippen LogP) is 2.31. The number of nitrogen functional groups attached to an aromatic ring is 1. The van der Waals surface area contributed by atoms with E-state index in [1.165, 1.54) is 22.2 Å². The fourth-order valence-corrected chi connectivity index (χ4v) is 4.13. The van der Waals surface area contributed by atoms with Gasteiger partial charge in [0.05, 0.1) is 18.3 Å². The smallest absolute Gasteiger partial charge is 0.262 e. The van der Waals surface area contributed by atoms with Crippen LogP contribution in [0.25, 0.3) is 20.7 Å². The van der Waals surface area contributed by atoms with Crippen LogP contribution >= 0.6 is 11.3 Å². The number of nitrogens with zero attached hydrogens (tertiary/aromatic N) is 6. The summed E-state index contributed by atoms with van der Waals surface area (Å²) in [4.78, 5) is 33.7. The molecule has 0 amide bonds. The molecule has 0 saturated heterocycles. The van der Waals surface area contributed by atoms with Crippen LogP contribution in [0.1, 0.15) is 11.4 Å². The Morgan fingerprint density at radius 1 is 1.14 bits per heavy atom. The van der Waals surface area contributed by atoms with Gasteiger partial charge in [-0.3, -0.25) is 9.36 Å². The second kappa shape index (κ2) is 7.01. The third-order valence-electron chi connectivity index (χ3n) is 4.35. The fraction of sp³-hybridized carbons (Fsp3) is 0.211. The summed E-state index contributed by atoms with van der Waals surface area (Å²) in [5.41, 5.74) is 7.67. The van der Waals surface area contributed by atoms with Gasteiger partial charge in [-0.05, 0) is 18.1 Å². The van der Waals surface area contributed by atoms with Crippen molar-refractivity contribution in [3.05, 3.63) is 58.4 Å². The molecule has 8 nitrogen and oxygen atoms in total. The summed E-state index contributed by atoms with van der Waals surface area (Å²) < 4.78 is 1.50. The van der Waals surface area contributed by atoms with Crippen molar-refractivity contribution in [1.29, 1.82) is 0 Å². The minimum atomic E-state index is -0.119. The van der Waals surface area contributed by atoms with Gasteiger partial charge < -0.3 is 10.6 Å². The van der Waals surface area contributed by atoms with Crippen LogP contribution in [0, 0.1) is 6.92 Å². The van der Waals surface area contributed by atoms with Gasteiger partial charge >= 0.3 is 0 Å². The number of benzene rings is 1. The zero-order chi connectivity index (χ0) is 19.8. The van der Waals surface area contributed by atoms with Crippen molar-refractivity contribution in [2.24, 2.45) is 0 Å². The molecule has 4 aromatic rings. The van der Waals surface area contributed by atoms with E-state index in [4.69, 9.17) is 5.73 Å². The van der Waals surface area contributed by atoms with Gasteiger partial charge in [0.15, 0.2) is 5.82 Å². The van der Waals surface area contributed by atoms with Gasteiger partial charge in [-0.1, -0.05) is 30.3 Å². The Hall–Kier alpha value is -3.33. The number of aryl methyl sites for hydroxylation is 1. The van der Waals surface area contributed by atoms with E-state index in [0.29, 0.717) is 17.2 Å². The monoisotopic (exact) mass is 393 g/mol. The first-order chi connectivity index (χ1) is 13.4. The van der Waals surface area contributed by atoms with Crippen LogP contribution in [0.2, 0.25) is 0 Å². The zero-order valence-corrected chi connectivity index (χ0v) is 16.6. The molecule has 142 valence electrons. The molecule has 0 unspecified atom stereocenters. The lowest BCUT2D eigenvalue weighted by atomic mass is 10.1. The van der Waals surface area contributed by atoms with E-state index >= 15 is 0 Å². The number of hydrogen-bond donors (Lipinski definition) is 1. The summed E-state index contributed by atoms with van der Waals surface area (Å²) in [6.07, 6.45) is 1.53. The molecule has 0 radical (unpaired) electrons. The summed E-state index contributed by atoms with van der Waals surface area (Å²) in [6, 6.07) is 10.0. The van der Waals surface area contributed by atoms with E-state index in [2.05, 4.69) is 19.9 Å². The Balaban J connectivity index is 1.79. The first-order valence-corrected chi connectivity index (χ1v) is 9.47. The molecule has 0 saturated carbocycles. The molecule has 3 aromatic heterocycles. The van der Waals surface area contributed by atoms with Crippen molar-refractivity contribution in [1.82, 2.24) is 24.5 Å². The van der Waals surface area contributed by atoms with Crippen LogP contribution in [-0.2, 0) is 6.54 Å². The van der Waals surface area contributed by atoms with Gasteiger partial charge in [-0.15, -0.1) is 11.3 Å². The van der Waals surface area contributed by atoms with Gasteiger partial charge in [-0.2, -0.15) is 15.0 Å². The third kappa shape index (κ3) is 3.20. The summed E-state index contributed by atoms with van der Waals surface area (Å²) in [6.45, 7) is 2.13. The summed E-state index contributed by atoms with van der Waals surface area (Å²) >= 11 is 1.52. The standard InChI is InChI=1S/C19H19N7OS/c1-11-14-16(28-15(11)12-7-5-4-6-8-12)21-10-26(17(14)27)9-13-22-18(20)24-19(23-13)25(2)3/h4-8,10H,9H2,1-3H3,(H2,20,22,23,24). The van der Waals surface area contributed by atoms with E-state index in [-0.39, 0.29) is 18.1 Å². The minimum absolute atomic E-state index is 0.119. The number of hydrogen-bond acceptors (Lipinski definition) is 8. The van der Waals surface area contributed by atoms with Gasteiger partial charge in [0.25, 0.3) is 5.56 Å². The highest BCUT2D eigenvalue weighted by Gasteiger charge is 2.16. The number of rotatable bonds is 4. The lowest BCUT2D eigenvalue weighted by Gasteiger charge is -2.12. The molecule has 0 atom stereocenters. The Kier molecular flexibility index (Phi) is 4.52. The molecule has 0 bridgehead atoms. The van der Waals surface area contributed by atoms with Gasteiger partial charge in [0.2, 0.25) is 11.9 Å². The van der Waals surface area contributed by atoms with Crippen molar-refractivity contribution in [3.8, 4) is 10.4 Å². The van der Waals surface area contributed by atoms with Crippen LogP contribution in [0.5, 0.6) is 0 Å². The summed E-state index contributed by atoms with van der Waals surface area (Å²) in [7, 11) is 3.64. The maximum Gasteiger partial charge on any atom is 0.262 e. The summed E-state index contributed by atoms with van der Waals surface area (Å²) in [5, 5.41) is 0.626. The number of fused-ring (bicyclic) bond motifs is 1. The highest BCUT2D eigenvalue weighted by molar-refractivity contribution is 7.22. The van der Waals surface area contributed by atoms with E-state index in [1.54, 1.807) is 4.90 Å². The molecular weight excluding hydrogens is 374 g/mol. The maximum atomic E-state index is 13.1. The number of aromatic nitrogens is 5. The van der Waals surface area contributed by atoms with Gasteiger partial charge in [0, 0.05) is 19.0 Å². The predicted molar refractivity (Wildman–Crippen MR) is 112 cm³/mol. The Bertz CT molecular complexity index is 1210. The topological polar surface area (TPSA) is 103 Å². The van der Waals surface area contributed by atoms with Gasteiger partial charge in [-0.25, -0.2) is 4.98 Å². The number of nitrogens with two attached hydrogens (primary N) is 1. The molecule has 0 aliphatic heterocycles. The van der Waals surface area contributed by atoms with E-state index in [0.717, 1.165) is 20.8 Å². The first kappa shape index (κ1) is 18.1. The zero-order valence-electron chi connectivity index (χ0n) is 15.7. The number of thiophene rings is 1. The molecule has 4 rings (SSSR count). The molecule has 1 aromatic carbocycles. The molecule has 3 heterocycles. The van der Waals surface area contributed by atoms with Crippen LogP contribution in [0.3, 0.4) is 0 Å². The second-order valence-electron chi connectivity index (χ2n) is 6.58. The lowest BCUT2D eigenvalue weighted by molar-refractivity contribution is 0.700. The van der Waals surface area contributed by atoms with Gasteiger partial charge in [0.1, 0.15) is 4.83 Å². The average molecular weight is 393 g/mol. The number of anilines is 2. The second-order valence-corrected chi connectivity index (χ2v) is 7.58. The molecule has 0 spiro atoms. The van der Waals surface area contributed by atoms with E-state index in [9.17, 15) is 4.79 Å². The van der Waals surface area contributed by atoms with Crippen molar-refractivity contribution in [2.45, 2.75) is 13.5 Å². The Morgan fingerprint density at radius 2 is 1.89 bits per heavy atom. The van der Waals surface area contributed by atoms with E-state index in [1.807, 2.05) is 51.4 Å². The Labute approximate surface area is 165 Å². The average Bonchev–Trinajstić information content (AvgIpc) is 3.01. The molecular formula is C19H19N7OS. The van der Waals surface area contributed by atoms with Crippen molar-refractivity contribution in [2.75, 3.05) is 24.7 Å². The molecule has 0 aliphatic rings. The van der Waals surface area contributed by atoms with Crippen LogP contribution < -0.4 is 16.2 Å². The fourth-order valence-electron chi connectivity index (χ4n) is 2.98. The first-order valence-electron chi connectivity index (χ1n) is 8.65. The quantitative estimate of drug-likeness (QED) is 0.567. The maximum absolute atomic E-state index is 13.1. The van der Waals surface area contributed by atoms with Crippen molar-refractivity contribution < 1.29 is 0 Å².